The number of ether oxygens (including phenoxy) is 1. The number of carbonyl (C=O) groups excluding carboxylic acids is 2. The van der Waals surface area contributed by atoms with Gasteiger partial charge in [0, 0.05) is 19.2 Å². The average molecular weight is 474 g/mol. The molecule has 0 fully saturated rings. The topological polar surface area (TPSA) is 105 Å². The standard InChI is InChI=1S/C24H31N3O5S/c1-5-32-23-9-7-6-8-20(23)25-24(29)21(14-16(2)3)26-33(30,31)19-10-11-22-18(15-19)12-13-27(22)17(4)28/h6-11,15-16,21,26H,5,12-14H2,1-4H3,(H,25,29)/t21-/m0/s1. The van der Waals surface area contributed by atoms with Crippen molar-refractivity contribution in [1.82, 2.24) is 4.72 Å². The van der Waals surface area contributed by atoms with Crippen LogP contribution in [0.25, 0.3) is 0 Å². The summed E-state index contributed by atoms with van der Waals surface area (Å²) >= 11 is 0. The second kappa shape index (κ2) is 10.4. The third-order valence-electron chi connectivity index (χ3n) is 5.40. The molecule has 2 N–H and O–H groups in total. The Balaban J connectivity index is 1.82. The van der Waals surface area contributed by atoms with Crippen LogP contribution in [0.2, 0.25) is 0 Å². The van der Waals surface area contributed by atoms with E-state index >= 15 is 0 Å². The van der Waals surface area contributed by atoms with E-state index in [1.54, 1.807) is 41.3 Å². The van der Waals surface area contributed by atoms with Crippen LogP contribution in [0.4, 0.5) is 11.4 Å². The summed E-state index contributed by atoms with van der Waals surface area (Å²) in [6, 6.07) is 10.8. The molecule has 1 atom stereocenters. The molecule has 1 heterocycles. The lowest BCUT2D eigenvalue weighted by Crippen LogP contribution is -2.44. The van der Waals surface area contributed by atoms with Gasteiger partial charge in [-0.1, -0.05) is 26.0 Å². The van der Waals surface area contributed by atoms with E-state index in [9.17, 15) is 18.0 Å². The highest BCUT2D eigenvalue weighted by Gasteiger charge is 2.29. The Bertz CT molecular complexity index is 1130. The second-order valence-corrected chi connectivity index (χ2v) is 10.1. The molecule has 0 radical (unpaired) electrons. The second-order valence-electron chi connectivity index (χ2n) is 8.43. The van der Waals surface area contributed by atoms with Gasteiger partial charge >= 0.3 is 0 Å². The van der Waals surface area contributed by atoms with Crippen molar-refractivity contribution in [2.45, 2.75) is 51.5 Å². The van der Waals surface area contributed by atoms with Crippen molar-refractivity contribution < 1.29 is 22.7 Å². The number of benzene rings is 2. The summed E-state index contributed by atoms with van der Waals surface area (Å²) in [5.74, 6) is 0.0645. The molecule has 2 aromatic rings. The molecule has 0 bridgehead atoms. The van der Waals surface area contributed by atoms with Crippen molar-refractivity contribution in [1.29, 1.82) is 0 Å². The summed E-state index contributed by atoms with van der Waals surface area (Å²) in [4.78, 5) is 26.6. The van der Waals surface area contributed by atoms with Crippen molar-refractivity contribution in [3.63, 3.8) is 0 Å². The first-order chi connectivity index (χ1) is 15.6. The quantitative estimate of drug-likeness (QED) is 0.581. The smallest absolute Gasteiger partial charge is 0.242 e. The van der Waals surface area contributed by atoms with Crippen LogP contribution < -0.4 is 19.7 Å². The highest BCUT2D eigenvalue weighted by molar-refractivity contribution is 7.89. The van der Waals surface area contributed by atoms with E-state index in [1.165, 1.54) is 13.0 Å². The number of hydrogen-bond donors (Lipinski definition) is 2. The summed E-state index contributed by atoms with van der Waals surface area (Å²) in [7, 11) is -3.97. The molecular weight excluding hydrogens is 442 g/mol. The van der Waals surface area contributed by atoms with Crippen LogP contribution in [0.5, 0.6) is 5.75 Å². The van der Waals surface area contributed by atoms with E-state index in [0.717, 1.165) is 11.3 Å². The molecule has 8 nitrogen and oxygen atoms in total. The van der Waals surface area contributed by atoms with Gasteiger partial charge in [0.15, 0.2) is 0 Å². The van der Waals surface area contributed by atoms with Gasteiger partial charge in [0.25, 0.3) is 0 Å². The molecule has 0 unspecified atom stereocenters. The molecule has 0 aliphatic carbocycles. The van der Waals surface area contributed by atoms with Crippen LogP contribution in [0.15, 0.2) is 47.4 Å². The van der Waals surface area contributed by atoms with Crippen molar-refractivity contribution in [3.8, 4) is 5.75 Å². The van der Waals surface area contributed by atoms with Gasteiger partial charge in [0.05, 0.1) is 17.2 Å². The largest absolute Gasteiger partial charge is 0.492 e. The van der Waals surface area contributed by atoms with Gasteiger partial charge in [-0.25, -0.2) is 8.42 Å². The minimum atomic E-state index is -3.97. The summed E-state index contributed by atoms with van der Waals surface area (Å²) in [6.07, 6.45) is 0.910. The Kier molecular flexibility index (Phi) is 7.76. The lowest BCUT2D eigenvalue weighted by Gasteiger charge is -2.21. The molecule has 0 saturated heterocycles. The van der Waals surface area contributed by atoms with E-state index < -0.39 is 22.0 Å². The SMILES string of the molecule is CCOc1ccccc1NC(=O)[C@H](CC(C)C)NS(=O)(=O)c1ccc2c(c1)CCN2C(C)=O. The number of sulfonamides is 1. The van der Waals surface area contributed by atoms with E-state index in [4.69, 9.17) is 4.74 Å². The molecule has 9 heteroatoms. The molecule has 0 spiro atoms. The van der Waals surface area contributed by atoms with Gasteiger partial charge in [-0.15, -0.1) is 0 Å². The lowest BCUT2D eigenvalue weighted by atomic mass is 10.0. The first-order valence-corrected chi connectivity index (χ1v) is 12.6. The Morgan fingerprint density at radius 1 is 1.15 bits per heavy atom. The predicted molar refractivity (Wildman–Crippen MR) is 128 cm³/mol. The van der Waals surface area contributed by atoms with Crippen molar-refractivity contribution >= 4 is 33.2 Å². The number of para-hydroxylation sites is 2. The maximum Gasteiger partial charge on any atom is 0.242 e. The van der Waals surface area contributed by atoms with Gasteiger partial charge in [0.2, 0.25) is 21.8 Å². The average Bonchev–Trinajstić information content (AvgIpc) is 3.18. The number of carbonyl (C=O) groups is 2. The van der Waals surface area contributed by atoms with Crippen LogP contribution in [0, 0.1) is 5.92 Å². The molecule has 2 aromatic carbocycles. The van der Waals surface area contributed by atoms with Crippen LogP contribution in [0.3, 0.4) is 0 Å². The zero-order valence-corrected chi connectivity index (χ0v) is 20.2. The Labute approximate surface area is 195 Å². The van der Waals surface area contributed by atoms with E-state index in [0.29, 0.717) is 37.4 Å². The molecular formula is C24H31N3O5S. The Morgan fingerprint density at radius 3 is 2.55 bits per heavy atom. The van der Waals surface area contributed by atoms with Crippen LogP contribution >= 0.6 is 0 Å². The number of amides is 2. The van der Waals surface area contributed by atoms with Gasteiger partial charge in [-0.05, 0) is 61.6 Å². The number of anilines is 2. The van der Waals surface area contributed by atoms with Crippen LogP contribution in [-0.4, -0.2) is 39.4 Å². The number of hydrogen-bond acceptors (Lipinski definition) is 5. The van der Waals surface area contributed by atoms with Gasteiger partial charge < -0.3 is 15.0 Å². The Hall–Kier alpha value is -2.91. The monoisotopic (exact) mass is 473 g/mol. The number of rotatable bonds is 9. The highest BCUT2D eigenvalue weighted by atomic mass is 32.2. The van der Waals surface area contributed by atoms with Gasteiger partial charge in [-0.3, -0.25) is 9.59 Å². The minimum absolute atomic E-state index is 0.0722. The zero-order valence-electron chi connectivity index (χ0n) is 19.4. The zero-order chi connectivity index (χ0) is 24.2. The summed E-state index contributed by atoms with van der Waals surface area (Å²) in [5.41, 5.74) is 2.01. The molecule has 3 rings (SSSR count). The normalized spacial score (nSPS) is 14.2. The van der Waals surface area contributed by atoms with Crippen molar-refractivity contribution in [2.75, 3.05) is 23.4 Å². The fraction of sp³-hybridized carbons (Fsp3) is 0.417. The third-order valence-corrected chi connectivity index (χ3v) is 6.87. The molecule has 0 aromatic heterocycles. The maximum absolute atomic E-state index is 13.2. The summed E-state index contributed by atoms with van der Waals surface area (Å²) in [6.45, 7) is 8.15. The number of fused-ring (bicyclic) bond motifs is 1. The third kappa shape index (κ3) is 5.91. The van der Waals surface area contributed by atoms with E-state index in [1.807, 2.05) is 20.8 Å². The first kappa shape index (κ1) is 24.7. The molecule has 1 aliphatic heterocycles. The molecule has 2 amide bonds. The molecule has 0 saturated carbocycles. The Morgan fingerprint density at radius 2 is 1.88 bits per heavy atom. The molecule has 33 heavy (non-hydrogen) atoms. The lowest BCUT2D eigenvalue weighted by molar-refractivity contribution is -0.118. The van der Waals surface area contributed by atoms with Crippen LogP contribution in [-0.2, 0) is 26.0 Å². The van der Waals surface area contributed by atoms with E-state index in [-0.39, 0.29) is 16.7 Å². The fourth-order valence-corrected chi connectivity index (χ4v) is 5.14. The predicted octanol–water partition coefficient (Wildman–Crippen LogP) is 3.33. The van der Waals surface area contributed by atoms with Crippen LogP contribution in [0.1, 0.15) is 39.7 Å². The van der Waals surface area contributed by atoms with Crippen molar-refractivity contribution in [3.05, 3.63) is 48.0 Å². The first-order valence-electron chi connectivity index (χ1n) is 11.1. The van der Waals surface area contributed by atoms with E-state index in [2.05, 4.69) is 10.0 Å². The highest BCUT2D eigenvalue weighted by Crippen LogP contribution is 2.30. The molecule has 178 valence electrons. The summed E-state index contributed by atoms with van der Waals surface area (Å²) < 4.78 is 34.5. The minimum Gasteiger partial charge on any atom is -0.492 e. The summed E-state index contributed by atoms with van der Waals surface area (Å²) in [5, 5.41) is 2.80. The maximum atomic E-state index is 13.2. The fourth-order valence-electron chi connectivity index (χ4n) is 3.88. The number of nitrogens with zero attached hydrogens (tertiary/aromatic N) is 1. The van der Waals surface area contributed by atoms with Crippen molar-refractivity contribution in [2.24, 2.45) is 5.92 Å². The van der Waals surface area contributed by atoms with Gasteiger partial charge in [-0.2, -0.15) is 4.72 Å². The number of nitrogens with one attached hydrogen (secondary N) is 2. The van der Waals surface area contributed by atoms with Gasteiger partial charge in [0.1, 0.15) is 11.8 Å². The molecule has 1 aliphatic rings.